The molecular weight excluding hydrogens is 246 g/mol. The van der Waals surface area contributed by atoms with Crippen LogP contribution in [0.4, 0.5) is 5.69 Å². The van der Waals surface area contributed by atoms with E-state index in [-0.39, 0.29) is 22.8 Å². The van der Waals surface area contributed by atoms with E-state index in [1.54, 1.807) is 19.1 Å². The summed E-state index contributed by atoms with van der Waals surface area (Å²) in [6.07, 6.45) is 0. The summed E-state index contributed by atoms with van der Waals surface area (Å²) in [5.74, 6) is -0.799. The van der Waals surface area contributed by atoms with Crippen LogP contribution in [0.2, 0.25) is 0 Å². The predicted octanol–water partition coefficient (Wildman–Crippen LogP) is 2.36. The molecule has 2 aromatic rings. The van der Waals surface area contributed by atoms with Crippen molar-refractivity contribution in [3.05, 3.63) is 47.5 Å². The minimum atomic E-state index is -0.486. The zero-order chi connectivity index (χ0) is 14.0. The number of hydrogen-bond acceptors (Lipinski definition) is 4. The summed E-state index contributed by atoms with van der Waals surface area (Å²) in [5.41, 5.74) is 1.13. The van der Waals surface area contributed by atoms with Crippen molar-refractivity contribution < 1.29 is 20.1 Å². The van der Waals surface area contributed by atoms with Crippen molar-refractivity contribution in [1.29, 1.82) is 0 Å². The minimum Gasteiger partial charge on any atom is -0.508 e. The molecule has 0 radical (unpaired) electrons. The Kier molecular flexibility index (Phi) is 3.29. The van der Waals surface area contributed by atoms with E-state index in [1.807, 2.05) is 0 Å². The molecule has 0 saturated carbocycles. The Morgan fingerprint density at radius 3 is 2.32 bits per heavy atom. The predicted molar refractivity (Wildman–Crippen MR) is 70.6 cm³/mol. The standard InChI is InChI=1S/C14H13NO4/c1-8-12(3-2-4-13(8)18)15-14(19)9-5-10(16)7-11(17)6-9/h2-7,16-18H,1H3,(H,15,19). The summed E-state index contributed by atoms with van der Waals surface area (Å²) in [5, 5.41) is 30.8. The first-order valence-corrected chi connectivity index (χ1v) is 5.60. The fourth-order valence-electron chi connectivity index (χ4n) is 1.68. The van der Waals surface area contributed by atoms with Crippen LogP contribution < -0.4 is 5.32 Å². The zero-order valence-electron chi connectivity index (χ0n) is 10.2. The molecule has 0 aromatic heterocycles. The summed E-state index contributed by atoms with van der Waals surface area (Å²) in [4.78, 5) is 12.0. The van der Waals surface area contributed by atoms with Crippen molar-refractivity contribution in [1.82, 2.24) is 0 Å². The Hall–Kier alpha value is -2.69. The number of anilines is 1. The molecule has 2 rings (SSSR count). The van der Waals surface area contributed by atoms with Crippen LogP contribution >= 0.6 is 0 Å². The maximum Gasteiger partial charge on any atom is 0.255 e. The molecule has 0 aliphatic carbocycles. The van der Waals surface area contributed by atoms with Crippen molar-refractivity contribution in [2.45, 2.75) is 6.92 Å². The van der Waals surface area contributed by atoms with Crippen LogP contribution in [-0.2, 0) is 0 Å². The molecule has 5 nitrogen and oxygen atoms in total. The lowest BCUT2D eigenvalue weighted by Crippen LogP contribution is -2.12. The van der Waals surface area contributed by atoms with Crippen molar-refractivity contribution in [2.75, 3.05) is 5.32 Å². The second-order valence-electron chi connectivity index (χ2n) is 4.14. The van der Waals surface area contributed by atoms with Gasteiger partial charge in [-0.05, 0) is 31.2 Å². The number of phenols is 3. The van der Waals surface area contributed by atoms with E-state index in [0.717, 1.165) is 6.07 Å². The van der Waals surface area contributed by atoms with Gasteiger partial charge in [0, 0.05) is 22.9 Å². The highest BCUT2D eigenvalue weighted by Crippen LogP contribution is 2.25. The molecule has 0 heterocycles. The van der Waals surface area contributed by atoms with Crippen LogP contribution in [0.15, 0.2) is 36.4 Å². The molecule has 0 unspecified atom stereocenters. The minimum absolute atomic E-state index is 0.0801. The lowest BCUT2D eigenvalue weighted by Gasteiger charge is -2.10. The maximum absolute atomic E-state index is 12.0. The fourth-order valence-corrected chi connectivity index (χ4v) is 1.68. The van der Waals surface area contributed by atoms with Gasteiger partial charge in [0.2, 0.25) is 0 Å². The summed E-state index contributed by atoms with van der Waals surface area (Å²) >= 11 is 0. The zero-order valence-corrected chi connectivity index (χ0v) is 10.2. The molecule has 1 amide bonds. The molecule has 0 aliphatic rings. The number of hydrogen-bond donors (Lipinski definition) is 4. The van der Waals surface area contributed by atoms with Gasteiger partial charge in [-0.25, -0.2) is 0 Å². The lowest BCUT2D eigenvalue weighted by molar-refractivity contribution is 0.102. The van der Waals surface area contributed by atoms with E-state index >= 15 is 0 Å². The number of nitrogens with one attached hydrogen (secondary N) is 1. The Balaban J connectivity index is 2.28. The third kappa shape index (κ3) is 2.77. The van der Waals surface area contributed by atoms with Gasteiger partial charge >= 0.3 is 0 Å². The molecular formula is C14H13NO4. The average molecular weight is 259 g/mol. The lowest BCUT2D eigenvalue weighted by atomic mass is 10.1. The molecule has 2 aromatic carbocycles. The second kappa shape index (κ2) is 4.89. The van der Waals surface area contributed by atoms with Crippen molar-refractivity contribution in [3.8, 4) is 17.2 Å². The summed E-state index contributed by atoms with van der Waals surface area (Å²) in [7, 11) is 0. The largest absolute Gasteiger partial charge is 0.508 e. The first-order valence-electron chi connectivity index (χ1n) is 5.60. The van der Waals surface area contributed by atoms with E-state index < -0.39 is 5.91 Å². The van der Waals surface area contributed by atoms with Crippen LogP contribution in [0.3, 0.4) is 0 Å². The average Bonchev–Trinajstić information content (AvgIpc) is 2.33. The van der Waals surface area contributed by atoms with Crippen LogP contribution in [0.25, 0.3) is 0 Å². The highest BCUT2D eigenvalue weighted by molar-refractivity contribution is 6.05. The molecule has 0 aliphatic heterocycles. The van der Waals surface area contributed by atoms with Crippen molar-refractivity contribution >= 4 is 11.6 Å². The summed E-state index contributed by atoms with van der Waals surface area (Å²) in [6.45, 7) is 1.67. The van der Waals surface area contributed by atoms with E-state index in [4.69, 9.17) is 0 Å². The van der Waals surface area contributed by atoms with E-state index in [1.165, 1.54) is 18.2 Å². The number of phenolic OH excluding ortho intramolecular Hbond substituents is 3. The normalized spacial score (nSPS) is 10.2. The van der Waals surface area contributed by atoms with Crippen LogP contribution in [0, 0.1) is 6.92 Å². The molecule has 0 bridgehead atoms. The first-order chi connectivity index (χ1) is 8.97. The van der Waals surface area contributed by atoms with Gasteiger partial charge in [0.1, 0.15) is 17.2 Å². The summed E-state index contributed by atoms with van der Waals surface area (Å²) < 4.78 is 0. The Bertz CT molecular complexity index is 617. The van der Waals surface area contributed by atoms with Crippen molar-refractivity contribution in [2.24, 2.45) is 0 Å². The SMILES string of the molecule is Cc1c(O)cccc1NC(=O)c1cc(O)cc(O)c1. The third-order valence-corrected chi connectivity index (χ3v) is 2.72. The molecule has 4 N–H and O–H groups in total. The van der Waals surface area contributed by atoms with Crippen LogP contribution in [0.5, 0.6) is 17.2 Å². The quantitative estimate of drug-likeness (QED) is 0.666. The van der Waals surface area contributed by atoms with E-state index in [2.05, 4.69) is 5.32 Å². The molecule has 0 atom stereocenters. The molecule has 5 heteroatoms. The van der Waals surface area contributed by atoms with Crippen LogP contribution in [0.1, 0.15) is 15.9 Å². The molecule has 98 valence electrons. The number of carbonyl (C=O) groups is 1. The molecule has 0 spiro atoms. The van der Waals surface area contributed by atoms with E-state index in [9.17, 15) is 20.1 Å². The van der Waals surface area contributed by atoms with Gasteiger partial charge in [-0.1, -0.05) is 6.07 Å². The maximum atomic E-state index is 12.0. The second-order valence-corrected chi connectivity index (χ2v) is 4.14. The van der Waals surface area contributed by atoms with Gasteiger partial charge in [0.05, 0.1) is 0 Å². The number of carbonyl (C=O) groups excluding carboxylic acids is 1. The van der Waals surface area contributed by atoms with Gasteiger partial charge in [-0.15, -0.1) is 0 Å². The van der Waals surface area contributed by atoms with Gasteiger partial charge in [-0.2, -0.15) is 0 Å². The molecule has 0 saturated heterocycles. The molecule has 19 heavy (non-hydrogen) atoms. The number of aromatic hydroxyl groups is 3. The van der Waals surface area contributed by atoms with Gasteiger partial charge < -0.3 is 20.6 Å². The third-order valence-electron chi connectivity index (χ3n) is 2.72. The highest BCUT2D eigenvalue weighted by atomic mass is 16.3. The Labute approximate surface area is 109 Å². The topological polar surface area (TPSA) is 89.8 Å². The molecule has 0 fully saturated rings. The van der Waals surface area contributed by atoms with Crippen LogP contribution in [-0.4, -0.2) is 21.2 Å². The monoisotopic (exact) mass is 259 g/mol. The van der Waals surface area contributed by atoms with Crippen molar-refractivity contribution in [3.63, 3.8) is 0 Å². The Morgan fingerprint density at radius 1 is 1.05 bits per heavy atom. The number of benzene rings is 2. The fraction of sp³-hybridized carbons (Fsp3) is 0.0714. The van der Waals surface area contributed by atoms with Gasteiger partial charge in [0.25, 0.3) is 5.91 Å². The number of amides is 1. The number of rotatable bonds is 2. The van der Waals surface area contributed by atoms with E-state index in [0.29, 0.717) is 11.3 Å². The first kappa shape index (κ1) is 12.8. The van der Waals surface area contributed by atoms with Gasteiger partial charge in [0.15, 0.2) is 0 Å². The highest BCUT2D eigenvalue weighted by Gasteiger charge is 2.11. The smallest absolute Gasteiger partial charge is 0.255 e. The summed E-state index contributed by atoms with van der Waals surface area (Å²) in [6, 6.07) is 8.40. The Morgan fingerprint density at radius 2 is 1.68 bits per heavy atom. The van der Waals surface area contributed by atoms with Gasteiger partial charge in [-0.3, -0.25) is 4.79 Å².